The third kappa shape index (κ3) is 5.80. The van der Waals surface area contributed by atoms with Crippen molar-refractivity contribution in [3.05, 3.63) is 71.3 Å². The SMILES string of the molecule is CCN(CC)S(=O)(=O)c1ccc(/C=C/C(=O)OCC(=O)c2cc(F)ccc2F)cc1. The fraction of sp³-hybridized carbons (Fsp3) is 0.238. The molecule has 0 amide bonds. The number of hydrogen-bond donors (Lipinski definition) is 0. The van der Waals surface area contributed by atoms with Gasteiger partial charge in [-0.1, -0.05) is 26.0 Å². The van der Waals surface area contributed by atoms with Crippen LogP contribution >= 0.6 is 0 Å². The largest absolute Gasteiger partial charge is 0.454 e. The van der Waals surface area contributed by atoms with Gasteiger partial charge in [0.15, 0.2) is 6.61 Å². The molecule has 0 unspecified atom stereocenters. The van der Waals surface area contributed by atoms with Crippen molar-refractivity contribution < 1.29 is 31.5 Å². The summed E-state index contributed by atoms with van der Waals surface area (Å²) >= 11 is 0. The van der Waals surface area contributed by atoms with Crippen LogP contribution < -0.4 is 0 Å². The highest BCUT2D eigenvalue weighted by atomic mass is 32.2. The van der Waals surface area contributed by atoms with E-state index in [-0.39, 0.29) is 4.90 Å². The Kier molecular flexibility index (Phi) is 7.96. The summed E-state index contributed by atoms with van der Waals surface area (Å²) in [5.74, 6) is -3.43. The zero-order valence-corrected chi connectivity index (χ0v) is 17.3. The van der Waals surface area contributed by atoms with E-state index in [1.807, 2.05) is 0 Å². The summed E-state index contributed by atoms with van der Waals surface area (Å²) in [6.45, 7) is 3.45. The molecule has 0 N–H and O–H groups in total. The molecular weight excluding hydrogens is 416 g/mol. The normalized spacial score (nSPS) is 11.8. The van der Waals surface area contributed by atoms with Crippen LogP contribution in [-0.4, -0.2) is 44.2 Å². The van der Waals surface area contributed by atoms with Gasteiger partial charge in [-0.2, -0.15) is 4.31 Å². The van der Waals surface area contributed by atoms with Crippen molar-refractivity contribution in [2.24, 2.45) is 0 Å². The van der Waals surface area contributed by atoms with E-state index >= 15 is 0 Å². The van der Waals surface area contributed by atoms with Gasteiger partial charge in [-0.25, -0.2) is 22.0 Å². The highest BCUT2D eigenvalue weighted by Crippen LogP contribution is 2.17. The number of Topliss-reactive ketones (excluding diaryl/α,β-unsaturated/α-hetero) is 1. The number of sulfonamides is 1. The molecule has 0 heterocycles. The quantitative estimate of drug-likeness (QED) is 0.341. The first-order valence-electron chi connectivity index (χ1n) is 9.12. The molecule has 0 radical (unpaired) electrons. The molecule has 9 heteroatoms. The number of rotatable bonds is 9. The van der Waals surface area contributed by atoms with Crippen LogP contribution in [0.5, 0.6) is 0 Å². The summed E-state index contributed by atoms with van der Waals surface area (Å²) in [7, 11) is -3.58. The Morgan fingerprint density at radius 3 is 2.27 bits per heavy atom. The second-order valence-electron chi connectivity index (χ2n) is 6.15. The van der Waals surface area contributed by atoms with Gasteiger partial charge in [0.25, 0.3) is 0 Å². The smallest absolute Gasteiger partial charge is 0.331 e. The van der Waals surface area contributed by atoms with Crippen LogP contribution in [0.1, 0.15) is 29.8 Å². The number of nitrogens with zero attached hydrogens (tertiary/aromatic N) is 1. The topological polar surface area (TPSA) is 80.8 Å². The van der Waals surface area contributed by atoms with Gasteiger partial charge in [0.2, 0.25) is 15.8 Å². The Morgan fingerprint density at radius 1 is 1.03 bits per heavy atom. The molecule has 2 aromatic carbocycles. The zero-order chi connectivity index (χ0) is 22.3. The number of esters is 1. The lowest BCUT2D eigenvalue weighted by Crippen LogP contribution is -2.30. The maximum absolute atomic E-state index is 13.5. The van der Waals surface area contributed by atoms with Crippen LogP contribution in [0.2, 0.25) is 0 Å². The highest BCUT2D eigenvalue weighted by Gasteiger charge is 2.21. The van der Waals surface area contributed by atoms with E-state index in [1.165, 1.54) is 34.6 Å². The Hall–Kier alpha value is -2.91. The fourth-order valence-electron chi connectivity index (χ4n) is 2.60. The van der Waals surface area contributed by atoms with Crippen molar-refractivity contribution in [3.8, 4) is 0 Å². The highest BCUT2D eigenvalue weighted by molar-refractivity contribution is 7.89. The number of carbonyl (C=O) groups excluding carboxylic acids is 2. The predicted molar refractivity (Wildman–Crippen MR) is 107 cm³/mol. The second kappa shape index (κ2) is 10.2. The van der Waals surface area contributed by atoms with Crippen LogP contribution in [0.3, 0.4) is 0 Å². The summed E-state index contributed by atoms with van der Waals surface area (Å²) in [5, 5.41) is 0. The first-order valence-corrected chi connectivity index (χ1v) is 10.6. The third-order valence-electron chi connectivity index (χ3n) is 4.21. The average Bonchev–Trinajstić information content (AvgIpc) is 2.73. The number of ketones is 1. The monoisotopic (exact) mass is 437 g/mol. The van der Waals surface area contributed by atoms with Crippen LogP contribution in [0.15, 0.2) is 53.4 Å². The summed E-state index contributed by atoms with van der Waals surface area (Å²) < 4.78 is 57.6. The average molecular weight is 437 g/mol. The van der Waals surface area contributed by atoms with Crippen LogP contribution in [0.25, 0.3) is 6.08 Å². The predicted octanol–water partition coefficient (Wildman–Crippen LogP) is 3.43. The minimum Gasteiger partial charge on any atom is -0.454 e. The molecule has 0 aliphatic rings. The van der Waals surface area contributed by atoms with Crippen molar-refractivity contribution in [3.63, 3.8) is 0 Å². The lowest BCUT2D eigenvalue weighted by molar-refractivity contribution is -0.136. The maximum Gasteiger partial charge on any atom is 0.331 e. The molecule has 160 valence electrons. The Bertz CT molecular complexity index is 1050. The Balaban J connectivity index is 1.98. The van der Waals surface area contributed by atoms with E-state index in [4.69, 9.17) is 4.74 Å². The molecule has 0 aliphatic heterocycles. The molecular formula is C21H21F2NO5S. The molecule has 6 nitrogen and oxygen atoms in total. The van der Waals surface area contributed by atoms with Crippen LogP contribution in [0.4, 0.5) is 8.78 Å². The van der Waals surface area contributed by atoms with Gasteiger partial charge in [-0.05, 0) is 42.0 Å². The van der Waals surface area contributed by atoms with Crippen molar-refractivity contribution in [2.75, 3.05) is 19.7 Å². The van der Waals surface area contributed by atoms with Crippen molar-refractivity contribution >= 4 is 27.9 Å². The summed E-state index contributed by atoms with van der Waals surface area (Å²) in [4.78, 5) is 23.8. The van der Waals surface area contributed by atoms with Gasteiger partial charge in [0, 0.05) is 19.2 Å². The maximum atomic E-state index is 13.5. The standard InChI is InChI=1S/C21H21F2NO5S/c1-3-24(4-2)30(27,28)17-9-5-15(6-10-17)7-12-21(26)29-14-20(25)18-13-16(22)8-11-19(18)23/h5-13H,3-4,14H2,1-2H3/b12-7+. The number of hydrogen-bond acceptors (Lipinski definition) is 5. The van der Waals surface area contributed by atoms with E-state index in [9.17, 15) is 26.8 Å². The van der Waals surface area contributed by atoms with E-state index in [0.717, 1.165) is 24.3 Å². The van der Waals surface area contributed by atoms with E-state index in [2.05, 4.69) is 0 Å². The Morgan fingerprint density at radius 2 is 1.67 bits per heavy atom. The summed E-state index contributed by atoms with van der Waals surface area (Å²) in [5.41, 5.74) is 0.0322. The molecule has 0 aromatic heterocycles. The molecule has 0 fully saturated rings. The molecule has 0 saturated carbocycles. The first kappa shape index (κ1) is 23.4. The van der Waals surface area contributed by atoms with Crippen LogP contribution in [-0.2, 0) is 19.6 Å². The van der Waals surface area contributed by atoms with Crippen LogP contribution in [0, 0.1) is 11.6 Å². The molecule has 0 aliphatic carbocycles. The third-order valence-corrected chi connectivity index (χ3v) is 6.27. The molecule has 30 heavy (non-hydrogen) atoms. The molecule has 0 saturated heterocycles. The van der Waals surface area contributed by atoms with Gasteiger partial charge in [0.1, 0.15) is 11.6 Å². The van der Waals surface area contributed by atoms with Gasteiger partial charge >= 0.3 is 5.97 Å². The minimum absolute atomic E-state index is 0.133. The molecule has 2 rings (SSSR count). The summed E-state index contributed by atoms with van der Waals surface area (Å²) in [6, 6.07) is 8.31. The number of carbonyl (C=O) groups is 2. The zero-order valence-electron chi connectivity index (χ0n) is 16.5. The van der Waals surface area contributed by atoms with E-state index in [0.29, 0.717) is 18.7 Å². The lowest BCUT2D eigenvalue weighted by Gasteiger charge is -2.18. The number of benzene rings is 2. The second-order valence-corrected chi connectivity index (χ2v) is 8.08. The minimum atomic E-state index is -3.58. The Labute approximate surface area is 173 Å². The summed E-state index contributed by atoms with van der Waals surface area (Å²) in [6.07, 6.45) is 2.42. The van der Waals surface area contributed by atoms with Gasteiger partial charge in [0.05, 0.1) is 10.5 Å². The fourth-order valence-corrected chi connectivity index (χ4v) is 4.06. The van der Waals surface area contributed by atoms with Gasteiger partial charge in [-0.15, -0.1) is 0 Å². The van der Waals surface area contributed by atoms with Gasteiger partial charge in [-0.3, -0.25) is 4.79 Å². The van der Waals surface area contributed by atoms with Crippen molar-refractivity contribution in [1.82, 2.24) is 4.31 Å². The molecule has 0 atom stereocenters. The number of halogens is 2. The van der Waals surface area contributed by atoms with Crippen molar-refractivity contribution in [1.29, 1.82) is 0 Å². The number of ether oxygens (including phenoxy) is 1. The van der Waals surface area contributed by atoms with E-state index < -0.39 is 45.6 Å². The van der Waals surface area contributed by atoms with Gasteiger partial charge < -0.3 is 4.74 Å². The van der Waals surface area contributed by atoms with E-state index in [1.54, 1.807) is 13.8 Å². The van der Waals surface area contributed by atoms with Crippen molar-refractivity contribution in [2.45, 2.75) is 18.7 Å². The molecule has 0 bridgehead atoms. The molecule has 2 aromatic rings. The first-order chi connectivity index (χ1) is 14.2. The lowest BCUT2D eigenvalue weighted by atomic mass is 10.1. The molecule has 0 spiro atoms.